The van der Waals surface area contributed by atoms with Crippen LogP contribution < -0.4 is 4.74 Å². The molecule has 168 valence electrons. The Kier molecular flexibility index (Phi) is 5.93. The Hall–Kier alpha value is -4.23. The van der Waals surface area contributed by atoms with Gasteiger partial charge in [0.25, 0.3) is 0 Å². The maximum absolute atomic E-state index is 11.7. The second-order valence-electron chi connectivity index (χ2n) is 7.67. The Labute approximate surface area is 200 Å². The molecule has 3 aromatic carbocycles. The number of carboxylic acid groups (broad SMARTS) is 1. The van der Waals surface area contributed by atoms with Crippen LogP contribution in [0.4, 0.5) is 0 Å². The topological polar surface area (TPSA) is 77.2 Å². The summed E-state index contributed by atoms with van der Waals surface area (Å²) in [4.78, 5) is 16.4. The van der Waals surface area contributed by atoms with Crippen LogP contribution in [0.2, 0.25) is 0 Å². The van der Waals surface area contributed by atoms with Crippen molar-refractivity contribution in [2.24, 2.45) is 0 Å². The fraction of sp³-hybridized carbons (Fsp3) is 0.0741. The Morgan fingerprint density at radius 2 is 1.76 bits per heavy atom. The highest BCUT2D eigenvalue weighted by Crippen LogP contribution is 2.33. The average molecular weight is 468 g/mol. The van der Waals surface area contributed by atoms with Crippen LogP contribution in [0.25, 0.3) is 38.8 Å². The number of thiazole rings is 1. The fourth-order valence-corrected chi connectivity index (χ4v) is 4.71. The molecule has 5 rings (SSSR count). The Bertz CT molecular complexity index is 1450. The van der Waals surface area contributed by atoms with Crippen LogP contribution in [0.1, 0.15) is 17.0 Å². The Morgan fingerprint density at radius 3 is 2.47 bits per heavy atom. The van der Waals surface area contributed by atoms with Crippen molar-refractivity contribution in [2.45, 2.75) is 6.42 Å². The van der Waals surface area contributed by atoms with Gasteiger partial charge in [-0.1, -0.05) is 30.3 Å². The van der Waals surface area contributed by atoms with Gasteiger partial charge in [-0.15, -0.1) is 11.3 Å². The van der Waals surface area contributed by atoms with Gasteiger partial charge >= 0.3 is 5.97 Å². The van der Waals surface area contributed by atoms with Gasteiger partial charge in [0.15, 0.2) is 0 Å². The number of nitrogens with zero attached hydrogens (tertiary/aromatic N) is 3. The van der Waals surface area contributed by atoms with E-state index in [1.807, 2.05) is 95.8 Å². The number of aliphatic carboxylic acids is 1. The zero-order valence-corrected chi connectivity index (χ0v) is 19.2. The molecule has 0 aliphatic rings. The SMILES string of the molecule is COc1ccc(-c2nn(-c3ccccc3)cc2/C=C(/CC(=O)O)c2nc3ccccc3s2)cc1. The van der Waals surface area contributed by atoms with Crippen molar-refractivity contribution >= 4 is 39.2 Å². The van der Waals surface area contributed by atoms with E-state index in [1.54, 1.807) is 7.11 Å². The quantitative estimate of drug-likeness (QED) is 0.310. The van der Waals surface area contributed by atoms with E-state index in [-0.39, 0.29) is 6.42 Å². The van der Waals surface area contributed by atoms with Crippen molar-refractivity contribution in [3.8, 4) is 22.7 Å². The van der Waals surface area contributed by atoms with Gasteiger partial charge in [-0.25, -0.2) is 9.67 Å². The molecule has 0 radical (unpaired) electrons. The summed E-state index contributed by atoms with van der Waals surface area (Å²) < 4.78 is 8.12. The number of rotatable bonds is 7. The lowest BCUT2D eigenvalue weighted by molar-refractivity contribution is -0.135. The lowest BCUT2D eigenvalue weighted by Crippen LogP contribution is -1.97. The minimum Gasteiger partial charge on any atom is -0.497 e. The van der Waals surface area contributed by atoms with Crippen LogP contribution in [0.3, 0.4) is 0 Å². The highest BCUT2D eigenvalue weighted by molar-refractivity contribution is 7.19. The first-order chi connectivity index (χ1) is 16.6. The largest absolute Gasteiger partial charge is 0.497 e. The van der Waals surface area contributed by atoms with Crippen molar-refractivity contribution in [2.75, 3.05) is 7.11 Å². The highest BCUT2D eigenvalue weighted by Gasteiger charge is 2.17. The lowest BCUT2D eigenvalue weighted by atomic mass is 10.0. The molecular weight excluding hydrogens is 446 g/mol. The van der Waals surface area contributed by atoms with Gasteiger partial charge in [-0.3, -0.25) is 4.79 Å². The summed E-state index contributed by atoms with van der Waals surface area (Å²) in [6.07, 6.45) is 3.67. The molecule has 0 saturated heterocycles. The number of carbonyl (C=O) groups is 1. The Balaban J connectivity index is 1.67. The number of aromatic nitrogens is 3. The summed E-state index contributed by atoms with van der Waals surface area (Å²) in [5, 5.41) is 15.2. The average Bonchev–Trinajstić information content (AvgIpc) is 3.48. The zero-order chi connectivity index (χ0) is 23.5. The molecule has 0 bridgehead atoms. The van der Waals surface area contributed by atoms with Crippen molar-refractivity contribution in [3.63, 3.8) is 0 Å². The number of ether oxygens (including phenoxy) is 1. The van der Waals surface area contributed by atoms with E-state index < -0.39 is 5.97 Å². The molecule has 0 atom stereocenters. The minimum atomic E-state index is -0.910. The van der Waals surface area contributed by atoms with Crippen LogP contribution in [0.5, 0.6) is 5.75 Å². The Morgan fingerprint density at radius 1 is 1.03 bits per heavy atom. The van der Waals surface area contributed by atoms with Crippen LogP contribution in [0.15, 0.2) is 85.1 Å². The third-order valence-electron chi connectivity index (χ3n) is 5.37. The first-order valence-corrected chi connectivity index (χ1v) is 11.5. The van der Waals surface area contributed by atoms with E-state index in [1.165, 1.54) is 11.3 Å². The fourth-order valence-electron chi connectivity index (χ4n) is 3.73. The van der Waals surface area contributed by atoms with Crippen molar-refractivity contribution in [1.29, 1.82) is 0 Å². The molecule has 2 heterocycles. The third-order valence-corrected chi connectivity index (χ3v) is 6.48. The number of methoxy groups -OCH3 is 1. The molecule has 7 heteroatoms. The second kappa shape index (κ2) is 9.33. The van der Waals surface area contributed by atoms with Crippen molar-refractivity contribution < 1.29 is 14.6 Å². The van der Waals surface area contributed by atoms with Gasteiger partial charge in [-0.2, -0.15) is 5.10 Å². The van der Waals surface area contributed by atoms with E-state index in [4.69, 9.17) is 14.8 Å². The second-order valence-corrected chi connectivity index (χ2v) is 8.70. The summed E-state index contributed by atoms with van der Waals surface area (Å²) in [5.74, 6) is -0.156. The van der Waals surface area contributed by atoms with E-state index >= 15 is 0 Å². The number of para-hydroxylation sites is 2. The number of hydrogen-bond acceptors (Lipinski definition) is 5. The molecule has 0 aliphatic carbocycles. The van der Waals surface area contributed by atoms with Gasteiger partial charge in [0, 0.05) is 17.3 Å². The molecule has 6 nitrogen and oxygen atoms in total. The third kappa shape index (κ3) is 4.46. The zero-order valence-electron chi connectivity index (χ0n) is 18.4. The maximum atomic E-state index is 11.7. The van der Waals surface area contributed by atoms with E-state index in [0.29, 0.717) is 10.6 Å². The van der Waals surface area contributed by atoms with Crippen LogP contribution in [0, 0.1) is 0 Å². The lowest BCUT2D eigenvalue weighted by Gasteiger charge is -2.04. The normalized spacial score (nSPS) is 11.6. The van der Waals surface area contributed by atoms with Crippen LogP contribution in [-0.2, 0) is 4.79 Å². The monoisotopic (exact) mass is 467 g/mol. The number of benzene rings is 3. The molecule has 1 N–H and O–H groups in total. The van der Waals surface area contributed by atoms with Crippen LogP contribution in [-0.4, -0.2) is 33.0 Å². The highest BCUT2D eigenvalue weighted by atomic mass is 32.1. The molecule has 5 aromatic rings. The first kappa shape index (κ1) is 21.6. The summed E-state index contributed by atoms with van der Waals surface area (Å²) in [7, 11) is 1.63. The maximum Gasteiger partial charge on any atom is 0.307 e. The molecule has 0 saturated carbocycles. The predicted molar refractivity (Wildman–Crippen MR) is 135 cm³/mol. The van der Waals surface area contributed by atoms with Gasteiger partial charge in [0.05, 0.1) is 35.1 Å². The van der Waals surface area contributed by atoms with E-state index in [9.17, 15) is 9.90 Å². The smallest absolute Gasteiger partial charge is 0.307 e. The summed E-state index contributed by atoms with van der Waals surface area (Å²) in [5.41, 5.74) is 4.86. The summed E-state index contributed by atoms with van der Waals surface area (Å²) in [6, 6.07) is 25.3. The molecule has 34 heavy (non-hydrogen) atoms. The molecular formula is C27H21N3O3S. The molecule has 0 fully saturated rings. The van der Waals surface area contributed by atoms with Gasteiger partial charge in [0.1, 0.15) is 10.8 Å². The number of fused-ring (bicyclic) bond motifs is 1. The van der Waals surface area contributed by atoms with Gasteiger partial charge < -0.3 is 9.84 Å². The standard InChI is InChI=1S/C27H21N3O3S/c1-33-22-13-11-18(12-14-22)26-20(17-30(29-26)21-7-3-2-4-8-21)15-19(16-25(31)32)27-28-23-9-5-6-10-24(23)34-27/h2-15,17H,16H2,1H3,(H,31,32)/b19-15-. The van der Waals surface area contributed by atoms with Crippen molar-refractivity contribution in [3.05, 3.63) is 95.6 Å². The summed E-state index contributed by atoms with van der Waals surface area (Å²) >= 11 is 1.49. The summed E-state index contributed by atoms with van der Waals surface area (Å²) in [6.45, 7) is 0. The molecule has 0 unspecified atom stereocenters. The molecule has 2 aromatic heterocycles. The molecule has 0 amide bonds. The van der Waals surface area contributed by atoms with Crippen LogP contribution >= 0.6 is 11.3 Å². The van der Waals surface area contributed by atoms with E-state index in [2.05, 4.69) is 0 Å². The number of hydrogen-bond donors (Lipinski definition) is 1. The van der Waals surface area contributed by atoms with Gasteiger partial charge in [-0.05, 0) is 60.2 Å². The molecule has 0 spiro atoms. The molecule has 0 aliphatic heterocycles. The van der Waals surface area contributed by atoms with Gasteiger partial charge in [0.2, 0.25) is 0 Å². The van der Waals surface area contributed by atoms with E-state index in [0.717, 1.165) is 38.5 Å². The minimum absolute atomic E-state index is 0.140. The van der Waals surface area contributed by atoms with Crippen molar-refractivity contribution in [1.82, 2.24) is 14.8 Å². The number of carboxylic acids is 1. The first-order valence-electron chi connectivity index (χ1n) is 10.7. The predicted octanol–water partition coefficient (Wildman–Crippen LogP) is 6.17.